The van der Waals surface area contributed by atoms with Gasteiger partial charge in [-0.3, -0.25) is 14.6 Å². The highest BCUT2D eigenvalue weighted by Crippen LogP contribution is 2.16. The van der Waals surface area contributed by atoms with Crippen LogP contribution in [0.5, 0.6) is 0 Å². The van der Waals surface area contributed by atoms with Crippen LogP contribution in [0.2, 0.25) is 0 Å². The molecule has 0 radical (unpaired) electrons. The number of rotatable bonds is 5. The Hall–Kier alpha value is -1.39. The van der Waals surface area contributed by atoms with Crippen LogP contribution in [0.15, 0.2) is 30.3 Å². The van der Waals surface area contributed by atoms with Gasteiger partial charge in [0.05, 0.1) is 6.54 Å². The van der Waals surface area contributed by atoms with Gasteiger partial charge in [-0.2, -0.15) is 0 Å². The van der Waals surface area contributed by atoms with Crippen molar-refractivity contribution in [2.75, 3.05) is 26.2 Å². The Morgan fingerprint density at radius 3 is 2.68 bits per heavy atom. The fourth-order valence-corrected chi connectivity index (χ4v) is 2.71. The van der Waals surface area contributed by atoms with E-state index in [-0.39, 0.29) is 6.54 Å². The SMILES string of the molecule is CCC1CN(CC(=O)O)CCN1Cc1ccccc1. The second-order valence-corrected chi connectivity index (χ2v) is 5.15. The van der Waals surface area contributed by atoms with Crippen LogP contribution >= 0.6 is 0 Å². The fourth-order valence-electron chi connectivity index (χ4n) is 2.71. The van der Waals surface area contributed by atoms with E-state index in [0.717, 1.165) is 32.6 Å². The molecule has 4 heteroatoms. The zero-order valence-corrected chi connectivity index (χ0v) is 11.5. The van der Waals surface area contributed by atoms with E-state index in [2.05, 4.69) is 36.1 Å². The number of aliphatic carboxylic acids is 1. The van der Waals surface area contributed by atoms with Crippen LogP contribution < -0.4 is 0 Å². The second-order valence-electron chi connectivity index (χ2n) is 5.15. The molecule has 1 aromatic rings. The van der Waals surface area contributed by atoms with Gasteiger partial charge in [0.15, 0.2) is 0 Å². The number of carboxylic acids is 1. The summed E-state index contributed by atoms with van der Waals surface area (Å²) in [4.78, 5) is 15.3. The Labute approximate surface area is 114 Å². The molecule has 2 rings (SSSR count). The Kier molecular flexibility index (Phi) is 4.93. The van der Waals surface area contributed by atoms with Gasteiger partial charge in [0, 0.05) is 32.2 Å². The molecule has 1 N–H and O–H groups in total. The van der Waals surface area contributed by atoms with E-state index >= 15 is 0 Å². The molecule has 1 fully saturated rings. The van der Waals surface area contributed by atoms with E-state index in [1.54, 1.807) is 0 Å². The zero-order chi connectivity index (χ0) is 13.7. The topological polar surface area (TPSA) is 43.8 Å². The van der Waals surface area contributed by atoms with E-state index in [1.165, 1.54) is 5.56 Å². The third kappa shape index (κ3) is 4.04. The predicted molar refractivity (Wildman–Crippen MR) is 75.0 cm³/mol. The molecule has 0 spiro atoms. The molecule has 4 nitrogen and oxygen atoms in total. The van der Waals surface area contributed by atoms with E-state index in [9.17, 15) is 4.79 Å². The van der Waals surface area contributed by atoms with Gasteiger partial charge in [0.2, 0.25) is 0 Å². The van der Waals surface area contributed by atoms with Gasteiger partial charge in [-0.1, -0.05) is 37.3 Å². The van der Waals surface area contributed by atoms with Gasteiger partial charge in [0.1, 0.15) is 0 Å². The van der Waals surface area contributed by atoms with E-state index in [0.29, 0.717) is 6.04 Å². The fraction of sp³-hybridized carbons (Fsp3) is 0.533. The molecule has 1 unspecified atom stereocenters. The van der Waals surface area contributed by atoms with Crippen molar-refractivity contribution in [1.82, 2.24) is 9.80 Å². The lowest BCUT2D eigenvalue weighted by molar-refractivity contribution is -0.139. The molecule has 1 aliphatic rings. The molecule has 19 heavy (non-hydrogen) atoms. The summed E-state index contributed by atoms with van der Waals surface area (Å²) in [6.07, 6.45) is 1.06. The third-order valence-corrected chi connectivity index (χ3v) is 3.75. The smallest absolute Gasteiger partial charge is 0.317 e. The maximum Gasteiger partial charge on any atom is 0.317 e. The average Bonchev–Trinajstić information content (AvgIpc) is 2.41. The first-order chi connectivity index (χ1) is 9.19. The zero-order valence-electron chi connectivity index (χ0n) is 11.5. The number of benzene rings is 1. The van der Waals surface area contributed by atoms with Gasteiger partial charge in [-0.25, -0.2) is 0 Å². The third-order valence-electron chi connectivity index (χ3n) is 3.75. The van der Waals surface area contributed by atoms with Crippen molar-refractivity contribution in [3.05, 3.63) is 35.9 Å². The predicted octanol–water partition coefficient (Wildman–Crippen LogP) is 1.67. The van der Waals surface area contributed by atoms with E-state index in [4.69, 9.17) is 5.11 Å². The van der Waals surface area contributed by atoms with Crippen LogP contribution in [-0.4, -0.2) is 53.1 Å². The summed E-state index contributed by atoms with van der Waals surface area (Å²) in [5, 5.41) is 8.87. The van der Waals surface area contributed by atoms with Crippen molar-refractivity contribution >= 4 is 5.97 Å². The summed E-state index contributed by atoms with van der Waals surface area (Å²) in [5.74, 6) is -0.730. The van der Waals surface area contributed by atoms with Crippen LogP contribution in [0.3, 0.4) is 0 Å². The lowest BCUT2D eigenvalue weighted by Crippen LogP contribution is -2.53. The minimum atomic E-state index is -0.730. The lowest BCUT2D eigenvalue weighted by Gasteiger charge is -2.40. The summed E-state index contributed by atoms with van der Waals surface area (Å²) in [5.41, 5.74) is 1.33. The van der Waals surface area contributed by atoms with Crippen molar-refractivity contribution in [3.63, 3.8) is 0 Å². The molecule has 0 aromatic heterocycles. The Balaban J connectivity index is 1.93. The molecule has 104 valence electrons. The summed E-state index contributed by atoms with van der Waals surface area (Å²) < 4.78 is 0. The van der Waals surface area contributed by atoms with E-state index in [1.807, 2.05) is 11.0 Å². The minimum absolute atomic E-state index is 0.162. The van der Waals surface area contributed by atoms with Crippen LogP contribution in [0.4, 0.5) is 0 Å². The van der Waals surface area contributed by atoms with Crippen molar-refractivity contribution in [2.45, 2.75) is 25.9 Å². The molecule has 1 heterocycles. The first kappa shape index (κ1) is 14.0. The molecule has 1 atom stereocenters. The van der Waals surface area contributed by atoms with Crippen LogP contribution in [-0.2, 0) is 11.3 Å². The molecule has 1 saturated heterocycles. The molecule has 1 aromatic carbocycles. The number of hydrogen-bond donors (Lipinski definition) is 1. The highest BCUT2D eigenvalue weighted by atomic mass is 16.4. The number of piperazine rings is 1. The van der Waals surface area contributed by atoms with Crippen LogP contribution in [0.25, 0.3) is 0 Å². The minimum Gasteiger partial charge on any atom is -0.480 e. The van der Waals surface area contributed by atoms with Crippen molar-refractivity contribution in [1.29, 1.82) is 0 Å². The van der Waals surface area contributed by atoms with Gasteiger partial charge in [-0.15, -0.1) is 0 Å². The average molecular weight is 262 g/mol. The molecule has 0 saturated carbocycles. The summed E-state index contributed by atoms with van der Waals surface area (Å²) in [6.45, 7) is 5.94. The number of carbonyl (C=O) groups is 1. The van der Waals surface area contributed by atoms with Gasteiger partial charge in [-0.05, 0) is 12.0 Å². The molecular formula is C15H22N2O2. The Morgan fingerprint density at radius 2 is 2.05 bits per heavy atom. The van der Waals surface area contributed by atoms with Crippen LogP contribution in [0, 0.1) is 0 Å². The largest absolute Gasteiger partial charge is 0.480 e. The number of carboxylic acid groups (broad SMARTS) is 1. The molecule has 0 aliphatic carbocycles. The monoisotopic (exact) mass is 262 g/mol. The molecule has 1 aliphatic heterocycles. The Morgan fingerprint density at radius 1 is 1.32 bits per heavy atom. The van der Waals surface area contributed by atoms with Crippen molar-refractivity contribution < 1.29 is 9.90 Å². The molecule has 0 bridgehead atoms. The maximum absolute atomic E-state index is 10.8. The van der Waals surface area contributed by atoms with Gasteiger partial charge >= 0.3 is 5.97 Å². The highest BCUT2D eigenvalue weighted by molar-refractivity contribution is 5.69. The summed E-state index contributed by atoms with van der Waals surface area (Å²) in [6, 6.07) is 10.9. The van der Waals surface area contributed by atoms with E-state index < -0.39 is 5.97 Å². The van der Waals surface area contributed by atoms with Crippen molar-refractivity contribution in [2.24, 2.45) is 0 Å². The molecular weight excluding hydrogens is 240 g/mol. The van der Waals surface area contributed by atoms with Crippen molar-refractivity contribution in [3.8, 4) is 0 Å². The highest BCUT2D eigenvalue weighted by Gasteiger charge is 2.26. The first-order valence-electron chi connectivity index (χ1n) is 6.91. The summed E-state index contributed by atoms with van der Waals surface area (Å²) >= 11 is 0. The van der Waals surface area contributed by atoms with Crippen LogP contribution in [0.1, 0.15) is 18.9 Å². The lowest BCUT2D eigenvalue weighted by atomic mass is 10.1. The Bertz CT molecular complexity index is 408. The first-order valence-corrected chi connectivity index (χ1v) is 6.91. The maximum atomic E-state index is 10.8. The normalized spacial score (nSPS) is 21.4. The number of hydrogen-bond acceptors (Lipinski definition) is 3. The van der Waals surface area contributed by atoms with Gasteiger partial charge < -0.3 is 5.11 Å². The molecule has 0 amide bonds. The quantitative estimate of drug-likeness (QED) is 0.876. The second kappa shape index (κ2) is 6.68. The number of nitrogens with zero attached hydrogens (tertiary/aromatic N) is 2. The summed E-state index contributed by atoms with van der Waals surface area (Å²) in [7, 11) is 0. The standard InChI is InChI=1S/C15H22N2O2/c1-2-14-11-16(12-15(18)19)8-9-17(14)10-13-6-4-3-5-7-13/h3-7,14H,2,8-12H2,1H3,(H,18,19). The van der Waals surface area contributed by atoms with Gasteiger partial charge in [0.25, 0.3) is 0 Å².